The van der Waals surface area contributed by atoms with Gasteiger partial charge in [0.15, 0.2) is 29.8 Å². The lowest BCUT2D eigenvalue weighted by Gasteiger charge is -2.49. The molecule has 13 nitrogen and oxygen atoms in total. The molecule has 4 N–H and O–H groups in total. The average Bonchev–Trinajstić information content (AvgIpc) is 3.32. The number of hydrogen-bond acceptors (Lipinski definition) is 11. The van der Waals surface area contributed by atoms with Gasteiger partial charge in [0.1, 0.15) is 22.8 Å². The first-order valence-corrected chi connectivity index (χ1v) is 13.2. The van der Waals surface area contributed by atoms with Crippen LogP contribution in [0.25, 0.3) is 0 Å². The van der Waals surface area contributed by atoms with Gasteiger partial charge < -0.3 is 25.7 Å². The predicted molar refractivity (Wildman–Crippen MR) is 137 cm³/mol. The number of nitrogens with zero attached hydrogens (tertiary/aromatic N) is 4. The summed E-state index contributed by atoms with van der Waals surface area (Å²) < 4.78 is 6.50. The maximum Gasteiger partial charge on any atom is 0.352 e. The zero-order chi connectivity index (χ0) is 27.6. The topological polar surface area (TPSA) is 177 Å². The molecule has 2 aliphatic rings. The average molecular weight is 562 g/mol. The van der Waals surface area contributed by atoms with Gasteiger partial charge in [-0.25, -0.2) is 19.1 Å². The largest absolute Gasteiger partial charge is 0.477 e. The summed E-state index contributed by atoms with van der Waals surface area (Å²) in [5.41, 5.74) is 4.45. The van der Waals surface area contributed by atoms with Gasteiger partial charge in [-0.1, -0.05) is 11.2 Å². The van der Waals surface area contributed by atoms with Gasteiger partial charge in [-0.3, -0.25) is 14.5 Å². The highest BCUT2D eigenvalue weighted by Gasteiger charge is 2.55. The van der Waals surface area contributed by atoms with E-state index in [0.717, 1.165) is 11.3 Å². The van der Waals surface area contributed by atoms with E-state index >= 15 is 0 Å². The number of anilines is 1. The summed E-state index contributed by atoms with van der Waals surface area (Å²) in [5.74, 6) is -2.97. The molecular formula is C23H25N6O7S2+. The van der Waals surface area contributed by atoms with Crippen LogP contribution in [0.3, 0.4) is 0 Å². The third-order valence-corrected chi connectivity index (χ3v) is 7.72. The Kier molecular flexibility index (Phi) is 7.68. The second-order valence-electron chi connectivity index (χ2n) is 8.77. The van der Waals surface area contributed by atoms with Crippen molar-refractivity contribution in [2.45, 2.75) is 37.4 Å². The molecule has 0 radical (unpaired) electrons. The lowest BCUT2D eigenvalue weighted by molar-refractivity contribution is -0.689. The van der Waals surface area contributed by atoms with E-state index in [-0.39, 0.29) is 22.2 Å². The number of thioether (sulfide) groups is 1. The Hall–Kier alpha value is -3.98. The fourth-order valence-corrected chi connectivity index (χ4v) is 5.70. The molecule has 0 spiro atoms. The van der Waals surface area contributed by atoms with Crippen LogP contribution in [0.15, 0.2) is 52.4 Å². The molecule has 1 saturated heterocycles. The van der Waals surface area contributed by atoms with Gasteiger partial charge in [0, 0.05) is 28.8 Å². The number of carboxylic acids is 1. The number of rotatable bonds is 9. The quantitative estimate of drug-likeness (QED) is 0.125. The number of hydrogen-bond donors (Lipinski definition) is 3. The number of nitrogens with one attached hydrogen (secondary N) is 1. The van der Waals surface area contributed by atoms with E-state index in [2.05, 4.69) is 20.2 Å². The number of methoxy groups -OCH3 is 1. The number of nitrogens with two attached hydrogens (primary N) is 1. The van der Waals surface area contributed by atoms with Gasteiger partial charge in [0.25, 0.3) is 11.8 Å². The number of fused-ring (bicyclic) bond motifs is 1. The minimum absolute atomic E-state index is 0.0823. The lowest BCUT2D eigenvalue weighted by atomic mass is 10.0. The molecule has 2 aliphatic heterocycles. The number of β-lactam (4-membered cyclic amide) rings is 1. The van der Waals surface area contributed by atoms with Crippen LogP contribution in [0, 0.1) is 0 Å². The van der Waals surface area contributed by atoms with Crippen molar-refractivity contribution in [1.29, 1.82) is 0 Å². The molecule has 0 unspecified atom stereocenters. The highest BCUT2D eigenvalue weighted by Crippen LogP contribution is 2.40. The van der Waals surface area contributed by atoms with Crippen molar-refractivity contribution >= 4 is 57.7 Å². The highest BCUT2D eigenvalue weighted by molar-refractivity contribution is 8.00. The number of oxime groups is 1. The summed E-state index contributed by atoms with van der Waals surface area (Å²) in [5, 5.41) is 17.4. The van der Waals surface area contributed by atoms with Gasteiger partial charge in [0.2, 0.25) is 5.60 Å². The second kappa shape index (κ2) is 10.8. The number of amides is 2. The Morgan fingerprint density at radius 2 is 2.03 bits per heavy atom. The first-order chi connectivity index (χ1) is 18.0. The number of carboxylic acid groups (broad SMARTS) is 1. The molecule has 2 atom stereocenters. The predicted octanol–water partition coefficient (Wildman–Crippen LogP) is 0.124. The van der Waals surface area contributed by atoms with E-state index in [1.54, 1.807) is 12.4 Å². The van der Waals surface area contributed by atoms with Crippen LogP contribution in [0.4, 0.5) is 5.13 Å². The minimum atomic E-state index is -1.52. The van der Waals surface area contributed by atoms with Gasteiger partial charge in [-0.05, 0) is 13.8 Å². The molecule has 0 aliphatic carbocycles. The maximum absolute atomic E-state index is 13.2. The van der Waals surface area contributed by atoms with Crippen LogP contribution in [0.5, 0.6) is 0 Å². The number of carbonyl (C=O) groups excluding carboxylic acids is 3. The van der Waals surface area contributed by atoms with Crippen molar-refractivity contribution in [3.8, 4) is 0 Å². The van der Waals surface area contributed by atoms with Crippen LogP contribution < -0.4 is 15.6 Å². The number of thiazole rings is 1. The highest BCUT2D eigenvalue weighted by atomic mass is 32.2. The van der Waals surface area contributed by atoms with Crippen molar-refractivity contribution in [3.05, 3.63) is 52.9 Å². The van der Waals surface area contributed by atoms with Crippen LogP contribution in [-0.2, 0) is 35.3 Å². The first-order valence-electron chi connectivity index (χ1n) is 11.2. The fourth-order valence-electron chi connectivity index (χ4n) is 3.82. The van der Waals surface area contributed by atoms with E-state index in [4.69, 9.17) is 10.6 Å². The van der Waals surface area contributed by atoms with E-state index in [0.29, 0.717) is 17.9 Å². The summed E-state index contributed by atoms with van der Waals surface area (Å²) in [6.07, 6.45) is 3.61. The van der Waals surface area contributed by atoms with Crippen molar-refractivity contribution in [2.24, 2.45) is 5.16 Å². The third kappa shape index (κ3) is 5.33. The summed E-state index contributed by atoms with van der Waals surface area (Å²) in [4.78, 5) is 60.9. The van der Waals surface area contributed by atoms with Gasteiger partial charge in [-0.15, -0.1) is 23.1 Å². The lowest BCUT2D eigenvalue weighted by Crippen LogP contribution is -2.71. The van der Waals surface area contributed by atoms with E-state index in [9.17, 15) is 24.3 Å². The molecule has 200 valence electrons. The Morgan fingerprint density at radius 3 is 2.63 bits per heavy atom. The monoisotopic (exact) mass is 561 g/mol. The first kappa shape index (κ1) is 27.1. The molecule has 4 heterocycles. The Bertz CT molecular complexity index is 1340. The standard InChI is InChI=1S/C23H24N6O7S2/c1-23(2,21(34)35-3)36-27-14(13-11-38-22(24)25-13)17(30)26-15-18(31)29-16(20(32)33)12(10-37-19(15)29)9-28-7-5-4-6-8-28/h4-8,11,15,19H,9-10H2,1-3H3,(H3-,24,25,26,30,32,33)/p+1/t15-,19-/m1/s1. The van der Waals surface area contributed by atoms with Crippen molar-refractivity contribution in [3.63, 3.8) is 0 Å². The van der Waals surface area contributed by atoms with Crippen LogP contribution >= 0.6 is 23.1 Å². The molecule has 2 aromatic rings. The Labute approximate surface area is 225 Å². The summed E-state index contributed by atoms with van der Waals surface area (Å²) >= 11 is 2.40. The minimum Gasteiger partial charge on any atom is -0.477 e. The molecule has 2 amide bonds. The number of nitrogen functional groups attached to an aromatic ring is 1. The zero-order valence-electron chi connectivity index (χ0n) is 20.6. The van der Waals surface area contributed by atoms with Crippen LogP contribution in [0.2, 0.25) is 0 Å². The maximum atomic E-state index is 13.2. The number of ether oxygens (including phenoxy) is 1. The smallest absolute Gasteiger partial charge is 0.352 e. The Balaban J connectivity index is 1.55. The molecule has 0 bridgehead atoms. The SMILES string of the molecule is COC(=O)C(C)(C)ON=C(C(=O)N[C@@H]1C(=O)N2C(C(=O)O)=C(C[n+]3ccccc3)CS[C@H]12)c1csc(N)n1. The number of carbonyl (C=O) groups is 4. The zero-order valence-corrected chi connectivity index (χ0v) is 22.2. The third-order valence-electron chi connectivity index (χ3n) is 5.71. The number of aliphatic carboxylic acids is 1. The fraction of sp³-hybridized carbons (Fsp3) is 0.348. The molecular weight excluding hydrogens is 536 g/mol. The molecule has 0 aromatic carbocycles. The van der Waals surface area contributed by atoms with Crippen LogP contribution in [-0.4, -0.2) is 74.3 Å². The van der Waals surface area contributed by atoms with Gasteiger partial charge in [0.05, 0.1) is 7.11 Å². The van der Waals surface area contributed by atoms with Crippen molar-refractivity contribution in [2.75, 3.05) is 18.6 Å². The van der Waals surface area contributed by atoms with Crippen LogP contribution in [0.1, 0.15) is 19.5 Å². The number of aromatic nitrogens is 2. The second-order valence-corrected chi connectivity index (χ2v) is 10.8. The molecule has 1 fully saturated rings. The number of pyridine rings is 1. The van der Waals surface area contributed by atoms with Crippen molar-refractivity contribution < 1.29 is 38.4 Å². The molecule has 4 rings (SSSR count). The van der Waals surface area contributed by atoms with E-state index in [1.165, 1.54) is 43.0 Å². The summed E-state index contributed by atoms with van der Waals surface area (Å²) in [6, 6.07) is 4.48. The molecule has 0 saturated carbocycles. The molecule has 38 heavy (non-hydrogen) atoms. The Morgan fingerprint density at radius 1 is 1.32 bits per heavy atom. The van der Waals surface area contributed by atoms with Crippen molar-refractivity contribution in [1.82, 2.24) is 15.2 Å². The normalized spacial score (nSPS) is 19.4. The van der Waals surface area contributed by atoms with E-state index < -0.39 is 40.8 Å². The number of esters is 1. The molecule has 15 heteroatoms. The summed E-state index contributed by atoms with van der Waals surface area (Å²) in [6.45, 7) is 3.12. The van der Waals surface area contributed by atoms with E-state index in [1.807, 2.05) is 22.8 Å². The molecule has 2 aromatic heterocycles. The van der Waals surface area contributed by atoms with Gasteiger partial charge >= 0.3 is 11.9 Å². The summed E-state index contributed by atoms with van der Waals surface area (Å²) in [7, 11) is 1.19. The van der Waals surface area contributed by atoms with Gasteiger partial charge in [-0.2, -0.15) is 0 Å².